The number of esters is 4. The van der Waals surface area contributed by atoms with Crippen LogP contribution in [-0.2, 0) is 79.6 Å². The highest BCUT2D eigenvalue weighted by atomic mass is 19.1. The molecule has 3 fully saturated rings. The van der Waals surface area contributed by atoms with Crippen LogP contribution in [0.2, 0.25) is 0 Å². The molecule has 2 aliphatic heterocycles. The van der Waals surface area contributed by atoms with Gasteiger partial charge in [0.05, 0.1) is 0 Å². The second-order valence-electron chi connectivity index (χ2n) is 24.7. The van der Waals surface area contributed by atoms with E-state index in [0.717, 1.165) is 62.6 Å². The Morgan fingerprint density at radius 2 is 0.952 bits per heavy atom. The van der Waals surface area contributed by atoms with Crippen molar-refractivity contribution in [2.75, 3.05) is 54.6 Å². The number of carboxylic acids is 1. The summed E-state index contributed by atoms with van der Waals surface area (Å²) in [5.74, 6) is -7.43. The van der Waals surface area contributed by atoms with Crippen molar-refractivity contribution in [3.05, 3.63) is 70.8 Å². The SMILES string of the molecule is CNC1(C(=O)O[C@H](C)C(=O)N(C)[C@@H](CC(C)(C)F)C(=O)O[C@H](CCc2ccc(C3CCOCC3)cc2)C(=O)N(C)[C@@H](CCC(C)C)C(=O)O[C@H](C)C(=O)N(C)[C@@H](CC(C)(C)F)C(=O)O[C@H](CCc2ccc(C3CCOCC3)cc2)C(=O)O)CC1. The monoisotopic (exact) mass is 1180 g/mol. The molecule has 0 spiro atoms. The van der Waals surface area contributed by atoms with E-state index in [0.29, 0.717) is 57.5 Å². The Bertz CT molecular complexity index is 2540. The van der Waals surface area contributed by atoms with Crippen LogP contribution in [0.1, 0.15) is 167 Å². The van der Waals surface area contributed by atoms with Crippen molar-refractivity contribution in [2.24, 2.45) is 5.92 Å². The summed E-state index contributed by atoms with van der Waals surface area (Å²) in [5.41, 5.74) is -1.19. The minimum Gasteiger partial charge on any atom is -0.479 e. The fourth-order valence-corrected chi connectivity index (χ4v) is 10.7. The van der Waals surface area contributed by atoms with Crippen molar-refractivity contribution in [1.29, 1.82) is 0 Å². The first-order valence-electron chi connectivity index (χ1n) is 29.7. The molecule has 3 amide bonds. The number of halogens is 2. The van der Waals surface area contributed by atoms with E-state index in [9.17, 15) is 43.5 Å². The minimum atomic E-state index is -2.08. The summed E-state index contributed by atoms with van der Waals surface area (Å²) in [6, 6.07) is 10.9. The molecule has 2 aromatic rings. The molecule has 1 saturated carbocycles. The number of alkyl halides is 2. The van der Waals surface area contributed by atoms with Gasteiger partial charge in [-0.2, -0.15) is 0 Å². The summed E-state index contributed by atoms with van der Waals surface area (Å²) in [4.78, 5) is 114. The van der Waals surface area contributed by atoms with Gasteiger partial charge in [0.25, 0.3) is 17.7 Å². The van der Waals surface area contributed by atoms with Gasteiger partial charge in [0, 0.05) is 60.4 Å². The first-order valence-corrected chi connectivity index (χ1v) is 29.7. The van der Waals surface area contributed by atoms with Crippen molar-refractivity contribution >= 4 is 47.6 Å². The highest BCUT2D eigenvalue weighted by molar-refractivity contribution is 5.93. The first-order chi connectivity index (χ1) is 39.4. The van der Waals surface area contributed by atoms with Crippen molar-refractivity contribution in [1.82, 2.24) is 20.0 Å². The highest BCUT2D eigenvalue weighted by Crippen LogP contribution is 2.37. The number of hydrogen-bond acceptors (Lipinski definition) is 15. The van der Waals surface area contributed by atoms with Crippen molar-refractivity contribution in [3.63, 3.8) is 0 Å². The Morgan fingerprint density at radius 3 is 1.33 bits per heavy atom. The molecule has 0 unspecified atom stereocenters. The van der Waals surface area contributed by atoms with Gasteiger partial charge in [-0.3, -0.25) is 19.2 Å². The van der Waals surface area contributed by atoms with E-state index in [1.165, 1.54) is 62.7 Å². The number of likely N-dealkylation sites (N-methyl/N-ethyl adjacent to an activating group) is 4. The van der Waals surface area contributed by atoms with Gasteiger partial charge in [-0.05, 0) is 166 Å². The molecule has 468 valence electrons. The lowest BCUT2D eigenvalue weighted by atomic mass is 9.90. The van der Waals surface area contributed by atoms with Gasteiger partial charge in [0.15, 0.2) is 24.4 Å². The smallest absolute Gasteiger partial charge is 0.345 e. The number of hydrogen-bond donors (Lipinski definition) is 2. The number of carboxylic acid groups (broad SMARTS) is 1. The molecular formula is C63H92F2N4O15. The van der Waals surface area contributed by atoms with Crippen LogP contribution in [0.5, 0.6) is 0 Å². The van der Waals surface area contributed by atoms with Crippen molar-refractivity contribution in [2.45, 2.75) is 217 Å². The second-order valence-corrected chi connectivity index (χ2v) is 24.7. The Kier molecular flexibility index (Phi) is 25.2. The van der Waals surface area contributed by atoms with Gasteiger partial charge >= 0.3 is 29.8 Å². The van der Waals surface area contributed by atoms with E-state index in [2.05, 4.69) is 5.32 Å². The largest absolute Gasteiger partial charge is 0.479 e. The van der Waals surface area contributed by atoms with Crippen LogP contribution in [0.3, 0.4) is 0 Å². The lowest BCUT2D eigenvalue weighted by Crippen LogP contribution is -2.54. The van der Waals surface area contributed by atoms with E-state index < -0.39 is 120 Å². The van der Waals surface area contributed by atoms with Gasteiger partial charge in [-0.1, -0.05) is 62.4 Å². The normalized spacial score (nSPS) is 18.2. The number of carbonyl (C=O) groups excluding carboxylic acids is 7. The van der Waals surface area contributed by atoms with Crippen LogP contribution in [0.25, 0.3) is 0 Å². The van der Waals surface area contributed by atoms with Crippen LogP contribution in [0.15, 0.2) is 48.5 Å². The van der Waals surface area contributed by atoms with Crippen LogP contribution in [0, 0.1) is 5.92 Å². The predicted molar refractivity (Wildman–Crippen MR) is 308 cm³/mol. The van der Waals surface area contributed by atoms with E-state index >= 15 is 8.78 Å². The molecule has 3 aliphatic rings. The molecule has 2 aromatic carbocycles. The zero-order chi connectivity index (χ0) is 62.3. The van der Waals surface area contributed by atoms with Gasteiger partial charge in [0.1, 0.15) is 35.0 Å². The van der Waals surface area contributed by atoms with E-state index in [1.54, 1.807) is 7.05 Å². The van der Waals surface area contributed by atoms with E-state index in [4.69, 9.17) is 28.4 Å². The number of nitrogens with one attached hydrogen (secondary N) is 1. The molecule has 0 bridgehead atoms. The molecule has 7 atom stereocenters. The number of nitrogens with zero attached hydrogens (tertiary/aromatic N) is 3. The van der Waals surface area contributed by atoms with Crippen molar-refractivity contribution < 1.29 is 80.7 Å². The molecule has 19 nitrogen and oxygen atoms in total. The predicted octanol–water partition coefficient (Wildman–Crippen LogP) is 7.76. The molecule has 5 rings (SSSR count). The number of carbonyl (C=O) groups is 8. The molecule has 84 heavy (non-hydrogen) atoms. The average Bonchev–Trinajstić information content (AvgIpc) is 4.41. The molecule has 1 aliphatic carbocycles. The highest BCUT2D eigenvalue weighted by Gasteiger charge is 2.51. The Labute approximate surface area is 494 Å². The standard InChI is InChI=1S/C63H92F2N4O15/c1-39(2)13-24-48(57(75)81-40(3)53(70)68(11)50(38-62(7,8)65)59(77)84-52(56(73)74)26-19-43-16-22-45(23-17-43)47-29-35-80-36-30-47)67(10)55(72)51(25-18-42-14-20-44(21-15-42)46-27-33-79-34-28-46)83-58(76)49(37-61(5,6)64)69(12)54(71)41(4)82-60(78)63(66-9)31-32-63/h14-17,20-23,39-41,46-52,66H,13,18-19,24-38H2,1-12H3,(H,73,74)/t40-,41-,48+,49+,50+,51-,52-/m1/s1. The fraction of sp³-hybridized carbons (Fsp3) is 0.683. The molecular weight excluding hydrogens is 1090 g/mol. The summed E-state index contributed by atoms with van der Waals surface area (Å²) in [7, 11) is 5.36. The Morgan fingerprint density at radius 1 is 0.571 bits per heavy atom. The lowest BCUT2D eigenvalue weighted by Gasteiger charge is -2.34. The average molecular weight is 1180 g/mol. The molecule has 0 radical (unpaired) electrons. The minimum absolute atomic E-state index is 0.00678. The molecule has 2 N–H and O–H groups in total. The van der Waals surface area contributed by atoms with Crippen LogP contribution in [-0.4, -0.2) is 181 Å². The van der Waals surface area contributed by atoms with Gasteiger partial charge < -0.3 is 53.5 Å². The van der Waals surface area contributed by atoms with E-state index in [-0.39, 0.29) is 38.0 Å². The quantitative estimate of drug-likeness (QED) is 0.0542. The molecule has 2 heterocycles. The van der Waals surface area contributed by atoms with Gasteiger partial charge in [-0.25, -0.2) is 28.0 Å². The number of aliphatic carboxylic acids is 1. The molecule has 0 aromatic heterocycles. The van der Waals surface area contributed by atoms with Gasteiger partial charge in [0.2, 0.25) is 0 Å². The number of benzene rings is 2. The third-order valence-electron chi connectivity index (χ3n) is 16.3. The third-order valence-corrected chi connectivity index (χ3v) is 16.3. The van der Waals surface area contributed by atoms with Crippen LogP contribution < -0.4 is 5.32 Å². The number of rotatable bonds is 31. The van der Waals surface area contributed by atoms with Crippen LogP contribution >= 0.6 is 0 Å². The zero-order valence-corrected chi connectivity index (χ0v) is 51.4. The number of ether oxygens (including phenoxy) is 6. The number of amides is 3. The summed E-state index contributed by atoms with van der Waals surface area (Å²) < 4.78 is 65.0. The van der Waals surface area contributed by atoms with Crippen LogP contribution in [0.4, 0.5) is 8.78 Å². The summed E-state index contributed by atoms with van der Waals surface area (Å²) in [6.07, 6.45) is -2.40. The van der Waals surface area contributed by atoms with Crippen molar-refractivity contribution in [3.8, 4) is 0 Å². The number of aryl methyl sites for hydroxylation is 2. The Balaban J connectivity index is 1.35. The topological polar surface area (TPSA) is 234 Å². The second kappa shape index (κ2) is 30.8. The third kappa shape index (κ3) is 20.3. The lowest BCUT2D eigenvalue weighted by molar-refractivity contribution is -0.175. The first kappa shape index (κ1) is 68.7. The Hall–Kier alpha value is -6.06. The molecule has 21 heteroatoms. The summed E-state index contributed by atoms with van der Waals surface area (Å²) >= 11 is 0. The maximum atomic E-state index is 15.7. The van der Waals surface area contributed by atoms with E-state index in [1.807, 2.05) is 62.4 Å². The summed E-state index contributed by atoms with van der Waals surface area (Å²) in [6.45, 7) is 13.8. The fourth-order valence-electron chi connectivity index (χ4n) is 10.7. The maximum absolute atomic E-state index is 15.7. The zero-order valence-electron chi connectivity index (χ0n) is 51.4. The summed E-state index contributed by atoms with van der Waals surface area (Å²) in [5, 5.41) is 13.1. The van der Waals surface area contributed by atoms with Gasteiger partial charge in [-0.15, -0.1) is 0 Å². The maximum Gasteiger partial charge on any atom is 0.345 e. The molecule has 2 saturated heterocycles.